The lowest BCUT2D eigenvalue weighted by Crippen LogP contribution is -2.43. The predicted molar refractivity (Wildman–Crippen MR) is 61.9 cm³/mol. The van der Waals surface area contributed by atoms with Crippen LogP contribution in [0.3, 0.4) is 0 Å². The molecular formula is C11H11NO4S. The second-order valence-electron chi connectivity index (χ2n) is 4.48. The van der Waals surface area contributed by atoms with Crippen molar-refractivity contribution in [2.45, 2.75) is 25.4 Å². The summed E-state index contributed by atoms with van der Waals surface area (Å²) >= 11 is 1.09. The molecule has 2 heterocycles. The molecule has 1 aromatic heterocycles. The van der Waals surface area contributed by atoms with E-state index >= 15 is 0 Å². The fourth-order valence-electron chi connectivity index (χ4n) is 2.01. The topological polar surface area (TPSA) is 66.8 Å². The number of carbonyl (C=O) groups is 2. The van der Waals surface area contributed by atoms with Gasteiger partial charge in [-0.1, -0.05) is 0 Å². The van der Waals surface area contributed by atoms with Crippen molar-refractivity contribution in [1.82, 2.24) is 0 Å². The molecule has 0 aromatic carbocycles. The molecule has 3 rings (SSSR count). The van der Waals surface area contributed by atoms with Crippen LogP contribution in [0.15, 0.2) is 6.07 Å². The number of carboxylic acids is 1. The van der Waals surface area contributed by atoms with Gasteiger partial charge >= 0.3 is 5.97 Å². The zero-order chi connectivity index (χ0) is 12.2. The van der Waals surface area contributed by atoms with Crippen molar-refractivity contribution in [2.24, 2.45) is 0 Å². The Labute approximate surface area is 102 Å². The van der Waals surface area contributed by atoms with Crippen LogP contribution in [0.25, 0.3) is 0 Å². The van der Waals surface area contributed by atoms with E-state index in [4.69, 9.17) is 9.84 Å². The average Bonchev–Trinajstić information content (AvgIpc) is 2.85. The zero-order valence-corrected chi connectivity index (χ0v) is 10.0. The first-order valence-corrected chi connectivity index (χ1v) is 6.17. The van der Waals surface area contributed by atoms with Crippen molar-refractivity contribution in [3.8, 4) is 5.75 Å². The van der Waals surface area contributed by atoms with Crippen molar-refractivity contribution in [3.63, 3.8) is 0 Å². The molecule has 6 heteroatoms. The third-order valence-electron chi connectivity index (χ3n) is 3.10. The van der Waals surface area contributed by atoms with Crippen molar-refractivity contribution in [1.29, 1.82) is 0 Å². The molecule has 1 aliphatic heterocycles. The van der Waals surface area contributed by atoms with Crippen molar-refractivity contribution in [2.75, 3.05) is 11.4 Å². The number of aromatic carboxylic acids is 1. The number of thiophene rings is 1. The molecule has 90 valence electrons. The molecule has 5 nitrogen and oxygen atoms in total. The van der Waals surface area contributed by atoms with Crippen molar-refractivity contribution >= 4 is 28.2 Å². The second kappa shape index (κ2) is 3.22. The molecule has 1 aliphatic carbocycles. The van der Waals surface area contributed by atoms with E-state index in [1.807, 2.05) is 0 Å². The summed E-state index contributed by atoms with van der Waals surface area (Å²) in [5, 5.41) is 9.57. The van der Waals surface area contributed by atoms with Gasteiger partial charge in [-0.15, -0.1) is 11.3 Å². The maximum atomic E-state index is 11.6. The highest BCUT2D eigenvalue weighted by Gasteiger charge is 2.51. The van der Waals surface area contributed by atoms with Crippen LogP contribution in [0.2, 0.25) is 0 Å². The van der Waals surface area contributed by atoms with Crippen LogP contribution in [0.5, 0.6) is 5.75 Å². The van der Waals surface area contributed by atoms with Gasteiger partial charge in [0.15, 0.2) is 5.75 Å². The molecule has 0 atom stereocenters. The summed E-state index contributed by atoms with van der Waals surface area (Å²) in [6.45, 7) is 2.03. The number of rotatable bonds is 1. The summed E-state index contributed by atoms with van der Waals surface area (Å²) in [6.07, 6.45) is 1.85. The van der Waals surface area contributed by atoms with Crippen LogP contribution in [0.4, 0.5) is 5.00 Å². The highest BCUT2D eigenvalue weighted by molar-refractivity contribution is 7.18. The van der Waals surface area contributed by atoms with Crippen LogP contribution in [0.1, 0.15) is 29.4 Å². The fraction of sp³-hybridized carbons (Fsp3) is 0.455. The summed E-state index contributed by atoms with van der Waals surface area (Å²) in [6, 6.07) is 1.51. The monoisotopic (exact) mass is 253 g/mol. The Hall–Kier alpha value is -1.56. The summed E-state index contributed by atoms with van der Waals surface area (Å²) in [4.78, 5) is 24.3. The number of amides is 1. The predicted octanol–water partition coefficient (Wildman–Crippen LogP) is 1.72. The van der Waals surface area contributed by atoms with Crippen molar-refractivity contribution in [3.05, 3.63) is 10.9 Å². The van der Waals surface area contributed by atoms with Gasteiger partial charge in [-0.3, -0.25) is 9.69 Å². The minimum atomic E-state index is -0.985. The van der Waals surface area contributed by atoms with Crippen LogP contribution < -0.4 is 9.64 Å². The van der Waals surface area contributed by atoms with E-state index in [0.29, 0.717) is 17.3 Å². The number of nitrogens with zero attached hydrogens (tertiary/aromatic N) is 1. The maximum absolute atomic E-state index is 11.6. The van der Waals surface area contributed by atoms with Gasteiger partial charge in [-0.25, -0.2) is 4.79 Å². The lowest BCUT2D eigenvalue weighted by atomic mass is 10.2. The molecule has 1 amide bonds. The number of carboxylic acid groups (broad SMARTS) is 1. The first-order valence-electron chi connectivity index (χ1n) is 5.35. The molecule has 0 saturated heterocycles. The summed E-state index contributed by atoms with van der Waals surface area (Å²) in [5.74, 6) is -0.521. The lowest BCUT2D eigenvalue weighted by molar-refractivity contribution is -0.117. The third kappa shape index (κ3) is 1.59. The molecule has 2 aliphatic rings. The van der Waals surface area contributed by atoms with E-state index in [1.165, 1.54) is 13.0 Å². The quantitative estimate of drug-likeness (QED) is 0.827. The van der Waals surface area contributed by atoms with E-state index < -0.39 is 5.97 Å². The minimum absolute atomic E-state index is 0.0698. The first-order chi connectivity index (χ1) is 8.01. The summed E-state index contributed by atoms with van der Waals surface area (Å²) in [7, 11) is 0. The normalized spacial score (nSPS) is 19.7. The van der Waals surface area contributed by atoms with Gasteiger partial charge in [0, 0.05) is 13.0 Å². The van der Waals surface area contributed by atoms with Crippen LogP contribution in [0, 0.1) is 0 Å². The number of ether oxygens (including phenoxy) is 1. The van der Waals surface area contributed by atoms with Gasteiger partial charge < -0.3 is 9.84 Å². The number of hydrogen-bond acceptors (Lipinski definition) is 4. The molecule has 17 heavy (non-hydrogen) atoms. The lowest BCUT2D eigenvalue weighted by Gasteiger charge is -2.32. The largest absolute Gasteiger partial charge is 0.482 e. The van der Waals surface area contributed by atoms with E-state index in [1.54, 1.807) is 4.90 Å². The van der Waals surface area contributed by atoms with Crippen LogP contribution >= 0.6 is 11.3 Å². The third-order valence-corrected chi connectivity index (χ3v) is 4.22. The molecule has 0 bridgehead atoms. The Morgan fingerprint density at radius 3 is 2.76 bits per heavy atom. The maximum Gasteiger partial charge on any atom is 0.346 e. The SMILES string of the molecule is CC(=O)N1CC2(CC2)Oc2cc(C(=O)O)sc21. The number of fused-ring (bicyclic) bond motifs is 1. The van der Waals surface area contributed by atoms with Crippen molar-refractivity contribution < 1.29 is 19.4 Å². The average molecular weight is 253 g/mol. The highest BCUT2D eigenvalue weighted by Crippen LogP contribution is 2.51. The van der Waals surface area contributed by atoms with E-state index in [-0.39, 0.29) is 16.4 Å². The molecule has 0 unspecified atom stereocenters. The Morgan fingerprint density at radius 2 is 2.24 bits per heavy atom. The number of hydrogen-bond donors (Lipinski definition) is 1. The van der Waals surface area contributed by atoms with Gasteiger partial charge in [0.2, 0.25) is 5.91 Å². The Morgan fingerprint density at radius 1 is 1.53 bits per heavy atom. The standard InChI is InChI=1S/C11H11NO4S/c1-6(13)12-5-11(2-3-11)16-7-4-8(10(14)15)17-9(7)12/h4H,2-3,5H2,1H3,(H,14,15). The Balaban J connectivity index is 2.05. The molecule has 0 radical (unpaired) electrons. The summed E-state index contributed by atoms with van der Waals surface area (Å²) < 4.78 is 5.79. The van der Waals surface area contributed by atoms with Crippen LogP contribution in [-0.4, -0.2) is 29.1 Å². The minimum Gasteiger partial charge on any atom is -0.482 e. The van der Waals surface area contributed by atoms with Gasteiger partial charge in [-0.2, -0.15) is 0 Å². The molecule has 1 aromatic rings. The number of carbonyl (C=O) groups excluding carboxylic acids is 1. The van der Waals surface area contributed by atoms with E-state index in [2.05, 4.69) is 0 Å². The molecule has 1 spiro atoms. The smallest absolute Gasteiger partial charge is 0.346 e. The van der Waals surface area contributed by atoms with Gasteiger partial charge in [0.1, 0.15) is 15.5 Å². The summed E-state index contributed by atoms with van der Waals surface area (Å²) in [5.41, 5.74) is -0.254. The zero-order valence-electron chi connectivity index (χ0n) is 9.23. The Bertz CT molecular complexity index is 518. The number of anilines is 1. The van der Waals surface area contributed by atoms with Gasteiger partial charge in [0.25, 0.3) is 0 Å². The fourth-order valence-corrected chi connectivity index (χ4v) is 2.98. The van der Waals surface area contributed by atoms with E-state index in [0.717, 1.165) is 24.2 Å². The van der Waals surface area contributed by atoms with Crippen LogP contribution in [-0.2, 0) is 4.79 Å². The molecule has 1 N–H and O–H groups in total. The second-order valence-corrected chi connectivity index (χ2v) is 5.51. The molecule has 1 saturated carbocycles. The molecule has 1 fully saturated rings. The Kier molecular flexibility index (Phi) is 2.01. The van der Waals surface area contributed by atoms with Gasteiger partial charge in [0.05, 0.1) is 6.54 Å². The van der Waals surface area contributed by atoms with Gasteiger partial charge in [-0.05, 0) is 12.8 Å². The highest BCUT2D eigenvalue weighted by atomic mass is 32.1. The first kappa shape index (κ1) is 10.6. The molecular weight excluding hydrogens is 242 g/mol. The van der Waals surface area contributed by atoms with E-state index in [9.17, 15) is 9.59 Å².